The predicted molar refractivity (Wildman–Crippen MR) is 64.5 cm³/mol. The lowest BCUT2D eigenvalue weighted by molar-refractivity contribution is 0.965. The Kier molecular flexibility index (Phi) is 5.21. The van der Waals surface area contributed by atoms with E-state index in [0.717, 1.165) is 24.2 Å². The lowest BCUT2D eigenvalue weighted by Crippen LogP contribution is -2.03. The molecule has 1 aromatic rings. The van der Waals surface area contributed by atoms with Crippen LogP contribution in [0, 0.1) is 11.8 Å². The zero-order chi connectivity index (χ0) is 10.2. The summed E-state index contributed by atoms with van der Waals surface area (Å²) in [7, 11) is 0. The maximum absolute atomic E-state index is 5.52. The van der Waals surface area contributed by atoms with Gasteiger partial charge in [-0.25, -0.2) is 0 Å². The fourth-order valence-corrected chi connectivity index (χ4v) is 1.34. The van der Waals surface area contributed by atoms with Crippen LogP contribution in [0.15, 0.2) is 24.3 Å². The number of thiol groups is 1. The van der Waals surface area contributed by atoms with E-state index in [-0.39, 0.29) is 0 Å². The molecule has 0 bridgehead atoms. The largest absolute Gasteiger partial charge is 0.330 e. The van der Waals surface area contributed by atoms with E-state index in [2.05, 4.69) is 30.5 Å². The second-order valence-electron chi connectivity index (χ2n) is 2.97. The Balaban J connectivity index is 2.80. The Labute approximate surface area is 91.1 Å². The Morgan fingerprint density at radius 2 is 2.07 bits per heavy atom. The first kappa shape index (κ1) is 11.2. The molecule has 0 saturated heterocycles. The quantitative estimate of drug-likeness (QED) is 0.572. The van der Waals surface area contributed by atoms with E-state index in [1.165, 1.54) is 5.56 Å². The summed E-state index contributed by atoms with van der Waals surface area (Å²) in [5, 5.41) is 0. The Morgan fingerprint density at radius 3 is 2.79 bits per heavy atom. The zero-order valence-electron chi connectivity index (χ0n) is 8.16. The van der Waals surface area contributed by atoms with Gasteiger partial charge >= 0.3 is 0 Å². The molecule has 0 spiro atoms. The number of benzene rings is 1. The van der Waals surface area contributed by atoms with Crippen LogP contribution in [0.1, 0.15) is 17.5 Å². The Bertz CT molecular complexity index is 336. The topological polar surface area (TPSA) is 26.0 Å². The molecule has 0 atom stereocenters. The average Bonchev–Trinajstić information content (AvgIpc) is 2.21. The second kappa shape index (κ2) is 6.53. The van der Waals surface area contributed by atoms with Gasteiger partial charge in [-0.15, -0.1) is 0 Å². The normalized spacial score (nSPS) is 9.29. The maximum atomic E-state index is 5.52. The zero-order valence-corrected chi connectivity index (χ0v) is 9.06. The van der Waals surface area contributed by atoms with E-state index in [1.54, 1.807) is 0 Å². The summed E-state index contributed by atoms with van der Waals surface area (Å²) < 4.78 is 0. The third-order valence-corrected chi connectivity index (χ3v) is 2.11. The van der Waals surface area contributed by atoms with E-state index in [9.17, 15) is 0 Å². The smallest absolute Gasteiger partial charge is 0.0277 e. The van der Waals surface area contributed by atoms with Crippen LogP contribution in [0.25, 0.3) is 0 Å². The highest BCUT2D eigenvalue weighted by molar-refractivity contribution is 7.80. The van der Waals surface area contributed by atoms with Gasteiger partial charge in [0.15, 0.2) is 0 Å². The molecule has 0 heterocycles. The molecule has 0 aliphatic rings. The van der Waals surface area contributed by atoms with Crippen LogP contribution in [-0.4, -0.2) is 12.3 Å². The van der Waals surface area contributed by atoms with Gasteiger partial charge < -0.3 is 5.73 Å². The number of hydrogen-bond acceptors (Lipinski definition) is 2. The van der Waals surface area contributed by atoms with Crippen molar-refractivity contribution in [1.29, 1.82) is 0 Å². The minimum absolute atomic E-state index is 0.672. The van der Waals surface area contributed by atoms with Crippen molar-refractivity contribution in [3.8, 4) is 11.8 Å². The van der Waals surface area contributed by atoms with Crippen LogP contribution < -0.4 is 5.73 Å². The Morgan fingerprint density at radius 1 is 1.29 bits per heavy atom. The van der Waals surface area contributed by atoms with Crippen molar-refractivity contribution in [2.45, 2.75) is 12.8 Å². The highest BCUT2D eigenvalue weighted by Gasteiger charge is 1.96. The van der Waals surface area contributed by atoms with Gasteiger partial charge in [-0.1, -0.05) is 30.0 Å². The molecule has 1 aromatic carbocycles. The van der Waals surface area contributed by atoms with Crippen molar-refractivity contribution >= 4 is 12.6 Å². The molecule has 0 unspecified atom stereocenters. The molecule has 0 saturated carbocycles. The standard InChI is InChI=1S/C12H15NS/c13-9-8-12-6-2-1-5-11(12)7-3-4-10-14/h1-2,5-6,14H,4,8-10,13H2. The first-order valence-corrected chi connectivity index (χ1v) is 5.39. The fraction of sp³-hybridized carbons (Fsp3) is 0.333. The molecule has 0 fully saturated rings. The molecule has 1 rings (SSSR count). The summed E-state index contributed by atoms with van der Waals surface area (Å²) in [6, 6.07) is 8.15. The first-order valence-electron chi connectivity index (χ1n) is 4.76. The van der Waals surface area contributed by atoms with Crippen molar-refractivity contribution in [2.75, 3.05) is 12.3 Å². The Hall–Kier alpha value is -0.910. The second-order valence-corrected chi connectivity index (χ2v) is 3.42. The molecule has 2 heteroatoms. The summed E-state index contributed by atoms with van der Waals surface area (Å²) in [5.41, 5.74) is 7.86. The van der Waals surface area contributed by atoms with Crippen LogP contribution in [0.2, 0.25) is 0 Å². The third-order valence-electron chi connectivity index (χ3n) is 1.89. The predicted octanol–water partition coefficient (Wildman–Crippen LogP) is 1.86. The minimum atomic E-state index is 0.672. The average molecular weight is 205 g/mol. The van der Waals surface area contributed by atoms with Gasteiger partial charge in [-0.2, -0.15) is 12.6 Å². The maximum Gasteiger partial charge on any atom is 0.0277 e. The van der Waals surface area contributed by atoms with Crippen molar-refractivity contribution in [2.24, 2.45) is 5.73 Å². The van der Waals surface area contributed by atoms with Gasteiger partial charge in [0.05, 0.1) is 0 Å². The molecular formula is C12H15NS. The SMILES string of the molecule is NCCc1ccccc1C#CCCS. The first-order chi connectivity index (χ1) is 6.88. The molecule has 0 radical (unpaired) electrons. The van der Waals surface area contributed by atoms with E-state index in [1.807, 2.05) is 18.2 Å². The van der Waals surface area contributed by atoms with Crippen LogP contribution in [0.3, 0.4) is 0 Å². The van der Waals surface area contributed by atoms with E-state index >= 15 is 0 Å². The molecule has 0 aliphatic carbocycles. The molecule has 0 aromatic heterocycles. The molecule has 0 aliphatic heterocycles. The van der Waals surface area contributed by atoms with Crippen molar-refractivity contribution < 1.29 is 0 Å². The summed E-state index contributed by atoms with van der Waals surface area (Å²) in [5.74, 6) is 7.04. The van der Waals surface area contributed by atoms with Gasteiger partial charge in [0.1, 0.15) is 0 Å². The van der Waals surface area contributed by atoms with Gasteiger partial charge in [0.25, 0.3) is 0 Å². The fourth-order valence-electron chi connectivity index (χ4n) is 1.23. The van der Waals surface area contributed by atoms with Crippen molar-refractivity contribution in [3.63, 3.8) is 0 Å². The molecule has 74 valence electrons. The summed E-state index contributed by atoms with van der Waals surface area (Å²) >= 11 is 4.11. The monoisotopic (exact) mass is 205 g/mol. The minimum Gasteiger partial charge on any atom is -0.330 e. The van der Waals surface area contributed by atoms with Gasteiger partial charge in [-0.05, 0) is 24.6 Å². The molecular weight excluding hydrogens is 190 g/mol. The highest BCUT2D eigenvalue weighted by atomic mass is 32.1. The lowest BCUT2D eigenvalue weighted by atomic mass is 10.1. The summed E-state index contributed by atoms with van der Waals surface area (Å²) in [6.45, 7) is 0.672. The van der Waals surface area contributed by atoms with E-state index in [4.69, 9.17) is 5.73 Å². The number of rotatable bonds is 3. The number of hydrogen-bond donors (Lipinski definition) is 2. The van der Waals surface area contributed by atoms with Gasteiger partial charge in [-0.3, -0.25) is 0 Å². The van der Waals surface area contributed by atoms with Crippen LogP contribution >= 0.6 is 12.6 Å². The van der Waals surface area contributed by atoms with Gasteiger partial charge in [0, 0.05) is 17.7 Å². The lowest BCUT2D eigenvalue weighted by Gasteiger charge is -2.01. The van der Waals surface area contributed by atoms with Crippen molar-refractivity contribution in [3.05, 3.63) is 35.4 Å². The molecule has 1 nitrogen and oxygen atoms in total. The third kappa shape index (κ3) is 3.45. The molecule has 0 amide bonds. The van der Waals surface area contributed by atoms with Crippen LogP contribution in [0.5, 0.6) is 0 Å². The highest BCUT2D eigenvalue weighted by Crippen LogP contribution is 2.07. The molecule has 2 N–H and O–H groups in total. The number of nitrogens with two attached hydrogens (primary N) is 1. The summed E-state index contributed by atoms with van der Waals surface area (Å²) in [6.07, 6.45) is 1.73. The van der Waals surface area contributed by atoms with Crippen LogP contribution in [-0.2, 0) is 6.42 Å². The van der Waals surface area contributed by atoms with E-state index < -0.39 is 0 Å². The molecule has 14 heavy (non-hydrogen) atoms. The van der Waals surface area contributed by atoms with Crippen LogP contribution in [0.4, 0.5) is 0 Å². The van der Waals surface area contributed by atoms with Crippen molar-refractivity contribution in [1.82, 2.24) is 0 Å². The summed E-state index contributed by atoms with van der Waals surface area (Å²) in [4.78, 5) is 0. The van der Waals surface area contributed by atoms with E-state index in [0.29, 0.717) is 6.54 Å². The van der Waals surface area contributed by atoms with Gasteiger partial charge in [0.2, 0.25) is 0 Å².